The fourth-order valence-electron chi connectivity index (χ4n) is 2.11. The SMILES string of the molecule is Cc1ccccc1C1=NCc2ncc(Br)cc21. The van der Waals surface area contributed by atoms with E-state index in [2.05, 4.69) is 57.1 Å². The fourth-order valence-corrected chi connectivity index (χ4v) is 2.44. The van der Waals surface area contributed by atoms with E-state index >= 15 is 0 Å². The third-order valence-corrected chi connectivity index (χ3v) is 3.41. The van der Waals surface area contributed by atoms with E-state index in [0.717, 1.165) is 21.4 Å². The second-order valence-corrected chi connectivity index (χ2v) is 5.04. The number of nitrogens with zero attached hydrogens (tertiary/aromatic N) is 2. The third-order valence-electron chi connectivity index (χ3n) is 2.98. The summed E-state index contributed by atoms with van der Waals surface area (Å²) in [5.74, 6) is 0. The molecule has 0 radical (unpaired) electrons. The number of benzene rings is 1. The number of hydrogen-bond donors (Lipinski definition) is 0. The molecule has 84 valence electrons. The van der Waals surface area contributed by atoms with Gasteiger partial charge in [0.2, 0.25) is 0 Å². The van der Waals surface area contributed by atoms with Gasteiger partial charge in [0.1, 0.15) is 0 Å². The van der Waals surface area contributed by atoms with Crippen molar-refractivity contribution in [2.75, 3.05) is 0 Å². The van der Waals surface area contributed by atoms with E-state index in [0.29, 0.717) is 6.54 Å². The molecule has 0 saturated carbocycles. The van der Waals surface area contributed by atoms with Crippen molar-refractivity contribution in [2.24, 2.45) is 4.99 Å². The molecule has 0 aliphatic carbocycles. The van der Waals surface area contributed by atoms with Crippen molar-refractivity contribution in [1.29, 1.82) is 0 Å². The maximum atomic E-state index is 4.61. The van der Waals surface area contributed by atoms with Gasteiger partial charge < -0.3 is 0 Å². The van der Waals surface area contributed by atoms with Crippen molar-refractivity contribution in [2.45, 2.75) is 13.5 Å². The molecule has 3 rings (SSSR count). The van der Waals surface area contributed by atoms with Gasteiger partial charge in [0.15, 0.2) is 0 Å². The second-order valence-electron chi connectivity index (χ2n) is 4.13. The van der Waals surface area contributed by atoms with Crippen LogP contribution in [0.3, 0.4) is 0 Å². The van der Waals surface area contributed by atoms with Crippen LogP contribution in [0.4, 0.5) is 0 Å². The molecule has 17 heavy (non-hydrogen) atoms. The summed E-state index contributed by atoms with van der Waals surface area (Å²) < 4.78 is 0.999. The lowest BCUT2D eigenvalue weighted by atomic mass is 9.99. The van der Waals surface area contributed by atoms with E-state index in [1.165, 1.54) is 11.1 Å². The van der Waals surface area contributed by atoms with E-state index in [-0.39, 0.29) is 0 Å². The average molecular weight is 287 g/mol. The number of fused-ring (bicyclic) bond motifs is 1. The molecular weight excluding hydrogens is 276 g/mol. The van der Waals surface area contributed by atoms with E-state index in [9.17, 15) is 0 Å². The van der Waals surface area contributed by atoms with Gasteiger partial charge in [0.25, 0.3) is 0 Å². The Balaban J connectivity index is 2.15. The first-order valence-corrected chi connectivity index (χ1v) is 6.30. The van der Waals surface area contributed by atoms with Crippen LogP contribution in [0.2, 0.25) is 0 Å². The predicted octanol–water partition coefficient (Wildman–Crippen LogP) is 3.50. The molecule has 1 aromatic carbocycles. The molecule has 0 saturated heterocycles. The number of aromatic nitrogens is 1. The third kappa shape index (κ3) is 1.80. The summed E-state index contributed by atoms with van der Waals surface area (Å²) in [4.78, 5) is 9.01. The second kappa shape index (κ2) is 4.08. The standard InChI is InChI=1S/C14H11BrN2/c1-9-4-2-3-5-11(9)14-12-6-10(15)7-16-13(12)8-17-14/h2-7H,8H2,1H3. The summed E-state index contributed by atoms with van der Waals surface area (Å²) in [7, 11) is 0. The first kappa shape index (κ1) is 10.7. The van der Waals surface area contributed by atoms with Gasteiger partial charge in [-0.2, -0.15) is 0 Å². The molecule has 1 aliphatic rings. The monoisotopic (exact) mass is 286 g/mol. The minimum Gasteiger partial charge on any atom is -0.278 e. The highest BCUT2D eigenvalue weighted by Gasteiger charge is 2.19. The van der Waals surface area contributed by atoms with Gasteiger partial charge in [-0.25, -0.2) is 0 Å². The van der Waals surface area contributed by atoms with Gasteiger partial charge in [-0.3, -0.25) is 9.98 Å². The topological polar surface area (TPSA) is 25.2 Å². The normalized spacial score (nSPS) is 13.4. The summed E-state index contributed by atoms with van der Waals surface area (Å²) in [5, 5.41) is 0. The van der Waals surface area contributed by atoms with Crippen LogP contribution in [-0.2, 0) is 6.54 Å². The van der Waals surface area contributed by atoms with E-state index in [1.54, 1.807) is 0 Å². The molecule has 0 amide bonds. The van der Waals surface area contributed by atoms with Crippen molar-refractivity contribution >= 4 is 21.6 Å². The highest BCUT2D eigenvalue weighted by molar-refractivity contribution is 9.10. The molecule has 0 N–H and O–H groups in total. The maximum absolute atomic E-state index is 4.61. The van der Waals surface area contributed by atoms with Crippen molar-refractivity contribution in [1.82, 2.24) is 4.98 Å². The Labute approximate surface area is 109 Å². The molecule has 0 bridgehead atoms. The number of halogens is 1. The smallest absolute Gasteiger partial charge is 0.0826 e. The zero-order chi connectivity index (χ0) is 11.8. The molecule has 0 fully saturated rings. The predicted molar refractivity (Wildman–Crippen MR) is 72.5 cm³/mol. The molecule has 1 aliphatic heterocycles. The van der Waals surface area contributed by atoms with E-state index < -0.39 is 0 Å². The average Bonchev–Trinajstić information content (AvgIpc) is 2.72. The van der Waals surface area contributed by atoms with Crippen LogP contribution in [0, 0.1) is 6.92 Å². The summed E-state index contributed by atoms with van der Waals surface area (Å²) >= 11 is 3.47. The molecule has 2 aromatic rings. The summed E-state index contributed by atoms with van der Waals surface area (Å²) in [6.07, 6.45) is 1.83. The van der Waals surface area contributed by atoms with Crippen LogP contribution in [0.15, 0.2) is 46.0 Å². The van der Waals surface area contributed by atoms with Gasteiger partial charge in [-0.1, -0.05) is 24.3 Å². The molecule has 0 unspecified atom stereocenters. The molecule has 0 atom stereocenters. The summed E-state index contributed by atoms with van der Waals surface area (Å²) in [6.45, 7) is 2.80. The van der Waals surface area contributed by atoms with Crippen molar-refractivity contribution in [3.63, 3.8) is 0 Å². The zero-order valence-corrected chi connectivity index (χ0v) is 11.0. The van der Waals surface area contributed by atoms with Crippen LogP contribution in [-0.4, -0.2) is 10.7 Å². The number of hydrogen-bond acceptors (Lipinski definition) is 2. The van der Waals surface area contributed by atoms with Crippen LogP contribution >= 0.6 is 15.9 Å². The Kier molecular flexibility index (Phi) is 2.56. The quantitative estimate of drug-likeness (QED) is 0.788. The van der Waals surface area contributed by atoms with Crippen molar-refractivity contribution in [3.05, 3.63) is 63.4 Å². The summed E-state index contributed by atoms with van der Waals surface area (Å²) in [6, 6.07) is 10.4. The number of pyridine rings is 1. The minimum atomic E-state index is 0.687. The number of aryl methyl sites for hydroxylation is 1. The molecule has 2 nitrogen and oxygen atoms in total. The fraction of sp³-hybridized carbons (Fsp3) is 0.143. The largest absolute Gasteiger partial charge is 0.278 e. The highest BCUT2D eigenvalue weighted by atomic mass is 79.9. The zero-order valence-electron chi connectivity index (χ0n) is 9.44. The summed E-state index contributed by atoms with van der Waals surface area (Å²) in [5.41, 5.74) is 5.72. The van der Waals surface area contributed by atoms with Crippen LogP contribution in [0.25, 0.3) is 0 Å². The first-order chi connectivity index (χ1) is 8.25. The Morgan fingerprint density at radius 2 is 2.00 bits per heavy atom. The lowest BCUT2D eigenvalue weighted by molar-refractivity contribution is 1.02. The molecule has 3 heteroatoms. The minimum absolute atomic E-state index is 0.687. The lowest BCUT2D eigenvalue weighted by Gasteiger charge is -2.07. The van der Waals surface area contributed by atoms with Crippen LogP contribution < -0.4 is 0 Å². The van der Waals surface area contributed by atoms with Gasteiger partial charge in [-0.05, 0) is 34.5 Å². The van der Waals surface area contributed by atoms with E-state index in [4.69, 9.17) is 0 Å². The van der Waals surface area contributed by atoms with Crippen LogP contribution in [0.5, 0.6) is 0 Å². The Hall–Kier alpha value is -1.48. The van der Waals surface area contributed by atoms with Crippen molar-refractivity contribution < 1.29 is 0 Å². The molecule has 2 heterocycles. The maximum Gasteiger partial charge on any atom is 0.0826 e. The van der Waals surface area contributed by atoms with Gasteiger partial charge in [0, 0.05) is 21.8 Å². The first-order valence-electron chi connectivity index (χ1n) is 5.51. The van der Waals surface area contributed by atoms with Crippen LogP contribution in [0.1, 0.15) is 22.4 Å². The molecular formula is C14H11BrN2. The van der Waals surface area contributed by atoms with E-state index in [1.807, 2.05) is 12.3 Å². The molecule has 0 spiro atoms. The Bertz CT molecular complexity index is 617. The molecule has 1 aromatic heterocycles. The lowest BCUT2D eigenvalue weighted by Crippen LogP contribution is -2.03. The van der Waals surface area contributed by atoms with Gasteiger partial charge >= 0.3 is 0 Å². The van der Waals surface area contributed by atoms with Crippen molar-refractivity contribution in [3.8, 4) is 0 Å². The Morgan fingerprint density at radius 1 is 1.18 bits per heavy atom. The Morgan fingerprint density at radius 3 is 2.82 bits per heavy atom. The van der Waals surface area contributed by atoms with Gasteiger partial charge in [0.05, 0.1) is 18.0 Å². The number of aliphatic imine (C=N–C) groups is 1. The highest BCUT2D eigenvalue weighted by Crippen LogP contribution is 2.25. The van der Waals surface area contributed by atoms with Gasteiger partial charge in [-0.15, -0.1) is 0 Å². The number of rotatable bonds is 1.